The van der Waals surface area contributed by atoms with Gasteiger partial charge in [0.1, 0.15) is 0 Å². The van der Waals surface area contributed by atoms with Crippen LogP contribution in [0.3, 0.4) is 0 Å². The van der Waals surface area contributed by atoms with Gasteiger partial charge in [-0.3, -0.25) is 4.99 Å². The van der Waals surface area contributed by atoms with Gasteiger partial charge in [0.05, 0.1) is 12.3 Å². The van der Waals surface area contributed by atoms with Crippen molar-refractivity contribution in [3.8, 4) is 0 Å². The van der Waals surface area contributed by atoms with E-state index in [1.54, 1.807) is 18.4 Å². The Labute approximate surface area is 166 Å². The number of halogens is 1. The maximum Gasteiger partial charge on any atom is 0.213 e. The summed E-state index contributed by atoms with van der Waals surface area (Å²) in [7, 11) is -1.53. The van der Waals surface area contributed by atoms with Crippen LogP contribution in [0.4, 0.5) is 0 Å². The quantitative estimate of drug-likeness (QED) is 0.299. The Hall–Kier alpha value is -0.390. The molecule has 3 N–H and O–H groups in total. The first-order valence-corrected chi connectivity index (χ1v) is 10.4. The monoisotopic (exact) mass is 486 g/mol. The lowest BCUT2D eigenvalue weighted by Gasteiger charge is -2.25. The van der Waals surface area contributed by atoms with Gasteiger partial charge >= 0.3 is 0 Å². The van der Waals surface area contributed by atoms with Crippen LogP contribution < -0.4 is 15.4 Å². The molecule has 9 heteroatoms. The summed E-state index contributed by atoms with van der Waals surface area (Å²) in [5.74, 6) is 1.20. The Bertz CT molecular complexity index is 627. The number of aliphatic imine (C=N–C) groups is 1. The molecule has 0 aromatic carbocycles. The molecule has 1 fully saturated rings. The minimum atomic E-state index is -3.21. The number of thiophene rings is 1. The zero-order valence-corrected chi connectivity index (χ0v) is 18.1. The van der Waals surface area contributed by atoms with E-state index in [0.717, 1.165) is 12.8 Å². The summed E-state index contributed by atoms with van der Waals surface area (Å²) in [4.78, 5) is 6.60. The number of hydrogen-bond acceptors (Lipinski definition) is 4. The summed E-state index contributed by atoms with van der Waals surface area (Å²) < 4.78 is 26.5. The summed E-state index contributed by atoms with van der Waals surface area (Å²) in [5, 5.41) is 6.23. The number of aryl methyl sites for hydroxylation is 1. The highest BCUT2D eigenvalue weighted by Crippen LogP contribution is 2.25. The first-order chi connectivity index (χ1) is 11.0. The summed E-state index contributed by atoms with van der Waals surface area (Å²) in [5.41, 5.74) is 0. The van der Waals surface area contributed by atoms with E-state index in [1.165, 1.54) is 16.2 Å². The molecule has 0 atom stereocenters. The van der Waals surface area contributed by atoms with Gasteiger partial charge in [-0.05, 0) is 37.8 Å². The average molecular weight is 486 g/mol. The second-order valence-electron chi connectivity index (χ2n) is 5.83. The van der Waals surface area contributed by atoms with Crippen LogP contribution in [0, 0.1) is 12.8 Å². The summed E-state index contributed by atoms with van der Waals surface area (Å²) >= 11 is 1.73. The highest BCUT2D eigenvalue weighted by molar-refractivity contribution is 14.0. The van der Waals surface area contributed by atoms with Crippen molar-refractivity contribution in [2.24, 2.45) is 10.9 Å². The van der Waals surface area contributed by atoms with Gasteiger partial charge in [0.25, 0.3) is 0 Å². The maximum atomic E-state index is 11.9. The van der Waals surface area contributed by atoms with Gasteiger partial charge in [-0.15, -0.1) is 35.3 Å². The summed E-state index contributed by atoms with van der Waals surface area (Å²) in [6.45, 7) is 3.67. The van der Waals surface area contributed by atoms with E-state index in [0.29, 0.717) is 31.5 Å². The molecule has 1 aromatic heterocycles. The van der Waals surface area contributed by atoms with Gasteiger partial charge in [-0.25, -0.2) is 13.1 Å². The van der Waals surface area contributed by atoms with E-state index in [9.17, 15) is 8.42 Å². The van der Waals surface area contributed by atoms with E-state index in [4.69, 9.17) is 0 Å². The maximum absolute atomic E-state index is 11.9. The highest BCUT2D eigenvalue weighted by Gasteiger charge is 2.20. The Morgan fingerprint density at radius 3 is 2.62 bits per heavy atom. The fourth-order valence-corrected chi connectivity index (χ4v) is 4.12. The van der Waals surface area contributed by atoms with E-state index in [1.807, 2.05) is 0 Å². The van der Waals surface area contributed by atoms with Gasteiger partial charge in [-0.1, -0.05) is 6.42 Å². The fraction of sp³-hybridized carbons (Fsp3) is 0.667. The Kier molecular flexibility index (Phi) is 9.53. The van der Waals surface area contributed by atoms with Crippen molar-refractivity contribution in [2.45, 2.75) is 32.7 Å². The van der Waals surface area contributed by atoms with Crippen LogP contribution in [0.25, 0.3) is 0 Å². The van der Waals surface area contributed by atoms with E-state index in [-0.39, 0.29) is 29.7 Å². The second-order valence-corrected chi connectivity index (χ2v) is 9.13. The number of guanidine groups is 1. The van der Waals surface area contributed by atoms with Crippen molar-refractivity contribution in [1.29, 1.82) is 0 Å². The lowest BCUT2D eigenvalue weighted by atomic mass is 9.86. The van der Waals surface area contributed by atoms with Crippen LogP contribution >= 0.6 is 35.3 Å². The largest absolute Gasteiger partial charge is 0.355 e. The standard InChI is InChI=1S/C15H26N4O2S2.HI/c1-12-6-7-14(22-12)11-18-15(16-2)17-8-9-23(20,21)19-10-13-4-3-5-13;/h6-7,13,19H,3-5,8-11H2,1-2H3,(H2,16,17,18);1H. The van der Waals surface area contributed by atoms with Crippen LogP contribution in [-0.2, 0) is 16.6 Å². The third kappa shape index (κ3) is 7.66. The van der Waals surface area contributed by atoms with E-state index >= 15 is 0 Å². The Balaban J connectivity index is 0.00000288. The summed E-state index contributed by atoms with van der Waals surface area (Å²) in [6, 6.07) is 4.16. The molecule has 0 saturated heterocycles. The molecule has 6 nitrogen and oxygen atoms in total. The normalized spacial score (nSPS) is 15.5. The molecule has 1 heterocycles. The lowest BCUT2D eigenvalue weighted by Crippen LogP contribution is -2.41. The average Bonchev–Trinajstić information content (AvgIpc) is 2.86. The number of nitrogens with one attached hydrogen (secondary N) is 3. The lowest BCUT2D eigenvalue weighted by molar-refractivity contribution is 0.316. The number of nitrogens with zero attached hydrogens (tertiary/aromatic N) is 1. The third-order valence-electron chi connectivity index (χ3n) is 3.93. The van der Waals surface area contributed by atoms with Crippen LogP contribution in [0.15, 0.2) is 17.1 Å². The van der Waals surface area contributed by atoms with E-state index < -0.39 is 10.0 Å². The van der Waals surface area contributed by atoms with Crippen molar-refractivity contribution in [3.63, 3.8) is 0 Å². The van der Waals surface area contributed by atoms with Gasteiger partial charge in [0, 0.05) is 29.9 Å². The van der Waals surface area contributed by atoms with Gasteiger partial charge in [0.2, 0.25) is 10.0 Å². The van der Waals surface area contributed by atoms with Crippen molar-refractivity contribution >= 4 is 51.3 Å². The molecule has 0 amide bonds. The van der Waals surface area contributed by atoms with Gasteiger partial charge in [-0.2, -0.15) is 0 Å². The zero-order chi connectivity index (χ0) is 16.7. The minimum Gasteiger partial charge on any atom is -0.355 e. The number of hydrogen-bond donors (Lipinski definition) is 3. The molecule has 24 heavy (non-hydrogen) atoms. The smallest absolute Gasteiger partial charge is 0.213 e. The second kappa shape index (κ2) is 10.6. The topological polar surface area (TPSA) is 82.6 Å². The molecular weight excluding hydrogens is 459 g/mol. The predicted molar refractivity (Wildman–Crippen MR) is 112 cm³/mol. The molecule has 2 rings (SSSR count). The van der Waals surface area contributed by atoms with Crippen LogP contribution in [-0.4, -0.2) is 40.3 Å². The van der Waals surface area contributed by atoms with Crippen molar-refractivity contribution in [2.75, 3.05) is 25.9 Å². The molecule has 0 bridgehead atoms. The number of sulfonamides is 1. The summed E-state index contributed by atoms with van der Waals surface area (Å²) in [6.07, 6.45) is 3.50. The molecular formula is C15H27IN4O2S2. The fourth-order valence-electron chi connectivity index (χ4n) is 2.29. The first-order valence-electron chi connectivity index (χ1n) is 7.95. The van der Waals surface area contributed by atoms with E-state index in [2.05, 4.69) is 39.4 Å². The van der Waals surface area contributed by atoms with Crippen LogP contribution in [0.1, 0.15) is 29.0 Å². The van der Waals surface area contributed by atoms with Crippen LogP contribution in [0.5, 0.6) is 0 Å². The SMILES string of the molecule is CN=C(NCCS(=O)(=O)NCC1CCC1)NCc1ccc(C)s1.I. The molecule has 0 unspecified atom stereocenters. The number of rotatable bonds is 8. The molecule has 138 valence electrons. The van der Waals surface area contributed by atoms with Crippen molar-refractivity contribution < 1.29 is 8.42 Å². The molecule has 1 aliphatic carbocycles. The van der Waals surface area contributed by atoms with Crippen molar-refractivity contribution in [3.05, 3.63) is 21.9 Å². The Morgan fingerprint density at radius 1 is 1.33 bits per heavy atom. The van der Waals surface area contributed by atoms with Crippen LogP contribution in [0.2, 0.25) is 0 Å². The molecule has 1 aromatic rings. The molecule has 0 radical (unpaired) electrons. The molecule has 1 aliphatic rings. The third-order valence-corrected chi connectivity index (χ3v) is 6.28. The van der Waals surface area contributed by atoms with Gasteiger partial charge < -0.3 is 10.6 Å². The highest BCUT2D eigenvalue weighted by atomic mass is 127. The molecule has 1 saturated carbocycles. The zero-order valence-electron chi connectivity index (χ0n) is 14.2. The van der Waals surface area contributed by atoms with Crippen molar-refractivity contribution in [1.82, 2.24) is 15.4 Å². The Morgan fingerprint density at radius 2 is 2.08 bits per heavy atom. The minimum absolute atomic E-state index is 0. The predicted octanol–water partition coefficient (Wildman–Crippen LogP) is 2.06. The molecule has 0 spiro atoms. The molecule has 0 aliphatic heterocycles. The van der Waals surface area contributed by atoms with Gasteiger partial charge in [0.15, 0.2) is 5.96 Å². The first kappa shape index (κ1) is 21.7.